The molecule has 1 aliphatic rings. The van der Waals surface area contributed by atoms with Gasteiger partial charge in [0.2, 0.25) is 10.0 Å². The van der Waals surface area contributed by atoms with Crippen molar-refractivity contribution in [2.24, 2.45) is 0 Å². The molecule has 1 unspecified atom stereocenters. The van der Waals surface area contributed by atoms with Crippen LogP contribution in [0.4, 0.5) is 4.39 Å². The minimum absolute atomic E-state index is 0.0311. The van der Waals surface area contributed by atoms with Gasteiger partial charge in [-0.2, -0.15) is 4.31 Å². The van der Waals surface area contributed by atoms with E-state index in [-0.39, 0.29) is 18.2 Å². The topological polar surface area (TPSA) is 66.5 Å². The molecular formula is C13H17FN2O3S. The number of carbonyl (C=O) groups is 1. The molecule has 1 N–H and O–H groups in total. The molecule has 1 aromatic carbocycles. The average Bonchev–Trinajstić information content (AvgIpc) is 2.84. The van der Waals surface area contributed by atoms with Gasteiger partial charge in [0.15, 0.2) is 0 Å². The van der Waals surface area contributed by atoms with Gasteiger partial charge in [-0.1, -0.05) is 12.1 Å². The highest BCUT2D eigenvalue weighted by atomic mass is 32.2. The quantitative estimate of drug-likeness (QED) is 0.901. The zero-order valence-corrected chi connectivity index (χ0v) is 12.0. The standard InChI is InChI=1S/C13H17FN2O3S/c1-20(18,19)16-8-4-5-10(16)9-15-13(17)11-6-2-3-7-12(11)14/h2-3,6-7,10H,4-5,8-9H2,1H3,(H,15,17). The van der Waals surface area contributed by atoms with Crippen LogP contribution in [0.5, 0.6) is 0 Å². The number of sulfonamides is 1. The van der Waals surface area contributed by atoms with Crippen molar-refractivity contribution in [2.45, 2.75) is 18.9 Å². The molecule has 1 fully saturated rings. The summed E-state index contributed by atoms with van der Waals surface area (Å²) in [6.45, 7) is 0.666. The summed E-state index contributed by atoms with van der Waals surface area (Å²) >= 11 is 0. The number of hydrogen-bond acceptors (Lipinski definition) is 3. The van der Waals surface area contributed by atoms with Gasteiger partial charge < -0.3 is 5.32 Å². The van der Waals surface area contributed by atoms with Crippen LogP contribution in [0.3, 0.4) is 0 Å². The molecule has 1 amide bonds. The van der Waals surface area contributed by atoms with Crippen LogP contribution in [-0.4, -0.2) is 44.0 Å². The first-order valence-electron chi connectivity index (χ1n) is 6.39. The molecule has 1 atom stereocenters. The van der Waals surface area contributed by atoms with Gasteiger partial charge in [-0.05, 0) is 25.0 Å². The van der Waals surface area contributed by atoms with Crippen molar-refractivity contribution in [3.8, 4) is 0 Å². The predicted molar refractivity (Wildman–Crippen MR) is 73.3 cm³/mol. The van der Waals surface area contributed by atoms with Gasteiger partial charge in [0.25, 0.3) is 5.91 Å². The molecule has 0 radical (unpaired) electrons. The van der Waals surface area contributed by atoms with Crippen molar-refractivity contribution in [3.63, 3.8) is 0 Å². The lowest BCUT2D eigenvalue weighted by Gasteiger charge is -2.22. The van der Waals surface area contributed by atoms with Gasteiger partial charge in [0, 0.05) is 19.1 Å². The van der Waals surface area contributed by atoms with E-state index in [1.165, 1.54) is 22.5 Å². The second-order valence-electron chi connectivity index (χ2n) is 4.86. The molecule has 20 heavy (non-hydrogen) atoms. The predicted octanol–water partition coefficient (Wildman–Crippen LogP) is 0.979. The van der Waals surface area contributed by atoms with Gasteiger partial charge in [0.1, 0.15) is 5.82 Å². The summed E-state index contributed by atoms with van der Waals surface area (Å²) in [5, 5.41) is 2.60. The molecule has 7 heteroatoms. The summed E-state index contributed by atoms with van der Waals surface area (Å²) in [7, 11) is -3.26. The molecule has 1 aliphatic heterocycles. The zero-order chi connectivity index (χ0) is 14.8. The molecule has 2 rings (SSSR count). The number of rotatable bonds is 4. The SMILES string of the molecule is CS(=O)(=O)N1CCCC1CNC(=O)c1ccccc1F. The normalized spacial score (nSPS) is 20.0. The molecule has 5 nitrogen and oxygen atoms in total. The van der Waals surface area contributed by atoms with E-state index in [1.54, 1.807) is 6.07 Å². The third-order valence-electron chi connectivity index (χ3n) is 3.37. The lowest BCUT2D eigenvalue weighted by molar-refractivity contribution is 0.0942. The Labute approximate surface area is 117 Å². The Bertz CT molecular complexity index is 603. The van der Waals surface area contributed by atoms with E-state index in [1.807, 2.05) is 0 Å². The van der Waals surface area contributed by atoms with Crippen molar-refractivity contribution in [1.29, 1.82) is 0 Å². The second-order valence-corrected chi connectivity index (χ2v) is 6.79. The maximum atomic E-state index is 13.4. The van der Waals surface area contributed by atoms with E-state index in [0.29, 0.717) is 13.0 Å². The molecule has 0 spiro atoms. The van der Waals surface area contributed by atoms with E-state index in [9.17, 15) is 17.6 Å². The van der Waals surface area contributed by atoms with Crippen LogP contribution in [0.1, 0.15) is 23.2 Å². The fourth-order valence-corrected chi connectivity index (χ4v) is 3.58. The van der Waals surface area contributed by atoms with E-state index in [2.05, 4.69) is 5.32 Å². The Hall–Kier alpha value is -1.47. The number of nitrogens with one attached hydrogen (secondary N) is 1. The number of amides is 1. The Morgan fingerprint density at radius 1 is 1.45 bits per heavy atom. The fourth-order valence-electron chi connectivity index (χ4n) is 2.40. The Balaban J connectivity index is 1.99. The van der Waals surface area contributed by atoms with Crippen molar-refractivity contribution in [2.75, 3.05) is 19.3 Å². The third kappa shape index (κ3) is 3.34. The molecule has 1 heterocycles. The first kappa shape index (κ1) is 14.9. The monoisotopic (exact) mass is 300 g/mol. The van der Waals surface area contributed by atoms with Crippen molar-refractivity contribution in [1.82, 2.24) is 9.62 Å². The van der Waals surface area contributed by atoms with Crippen LogP contribution < -0.4 is 5.32 Å². The van der Waals surface area contributed by atoms with Gasteiger partial charge in [-0.15, -0.1) is 0 Å². The number of halogens is 1. The smallest absolute Gasteiger partial charge is 0.254 e. The first-order valence-corrected chi connectivity index (χ1v) is 8.24. The van der Waals surface area contributed by atoms with Crippen LogP contribution in [0.15, 0.2) is 24.3 Å². The summed E-state index contributed by atoms with van der Waals surface area (Å²) in [6, 6.07) is 5.45. The van der Waals surface area contributed by atoms with Crippen molar-refractivity contribution in [3.05, 3.63) is 35.6 Å². The minimum Gasteiger partial charge on any atom is -0.350 e. The minimum atomic E-state index is -3.26. The molecule has 0 saturated carbocycles. The average molecular weight is 300 g/mol. The number of carbonyl (C=O) groups excluding carboxylic acids is 1. The molecular weight excluding hydrogens is 283 g/mol. The highest BCUT2D eigenvalue weighted by molar-refractivity contribution is 7.88. The summed E-state index contributed by atoms with van der Waals surface area (Å²) in [4.78, 5) is 11.9. The highest BCUT2D eigenvalue weighted by Gasteiger charge is 2.31. The van der Waals surface area contributed by atoms with E-state index in [0.717, 1.165) is 12.7 Å². The van der Waals surface area contributed by atoms with Gasteiger partial charge in [-0.3, -0.25) is 4.79 Å². The second kappa shape index (κ2) is 5.88. The van der Waals surface area contributed by atoms with Gasteiger partial charge in [-0.25, -0.2) is 12.8 Å². The highest BCUT2D eigenvalue weighted by Crippen LogP contribution is 2.19. The summed E-state index contributed by atoms with van der Waals surface area (Å²) in [5.41, 5.74) is -0.0311. The molecule has 0 bridgehead atoms. The van der Waals surface area contributed by atoms with Gasteiger partial charge >= 0.3 is 0 Å². The summed E-state index contributed by atoms with van der Waals surface area (Å²) in [6.07, 6.45) is 2.63. The molecule has 1 aromatic rings. The van der Waals surface area contributed by atoms with Crippen LogP contribution >= 0.6 is 0 Å². The van der Waals surface area contributed by atoms with E-state index < -0.39 is 21.7 Å². The summed E-state index contributed by atoms with van der Waals surface area (Å²) < 4.78 is 38.0. The van der Waals surface area contributed by atoms with Crippen LogP contribution in [0.25, 0.3) is 0 Å². The Morgan fingerprint density at radius 3 is 2.80 bits per heavy atom. The molecule has 0 aliphatic carbocycles. The third-order valence-corrected chi connectivity index (χ3v) is 4.70. The number of hydrogen-bond donors (Lipinski definition) is 1. The summed E-state index contributed by atoms with van der Waals surface area (Å²) in [5.74, 6) is -1.11. The maximum absolute atomic E-state index is 13.4. The number of nitrogens with zero attached hydrogens (tertiary/aromatic N) is 1. The maximum Gasteiger partial charge on any atom is 0.254 e. The lowest BCUT2D eigenvalue weighted by Crippen LogP contribution is -2.42. The van der Waals surface area contributed by atoms with Crippen LogP contribution in [-0.2, 0) is 10.0 Å². The Morgan fingerprint density at radius 2 is 2.15 bits per heavy atom. The largest absolute Gasteiger partial charge is 0.350 e. The van der Waals surface area contributed by atoms with Crippen molar-refractivity contribution < 1.29 is 17.6 Å². The molecule has 0 aromatic heterocycles. The zero-order valence-electron chi connectivity index (χ0n) is 11.2. The van der Waals surface area contributed by atoms with Crippen LogP contribution in [0.2, 0.25) is 0 Å². The van der Waals surface area contributed by atoms with E-state index >= 15 is 0 Å². The Kier molecular flexibility index (Phi) is 4.39. The van der Waals surface area contributed by atoms with Crippen molar-refractivity contribution >= 4 is 15.9 Å². The molecule has 1 saturated heterocycles. The van der Waals surface area contributed by atoms with Crippen LogP contribution in [0, 0.1) is 5.82 Å². The fraction of sp³-hybridized carbons (Fsp3) is 0.462. The van der Waals surface area contributed by atoms with E-state index in [4.69, 9.17) is 0 Å². The number of benzene rings is 1. The first-order chi connectivity index (χ1) is 9.39. The molecule has 110 valence electrons. The lowest BCUT2D eigenvalue weighted by atomic mass is 10.2. The van der Waals surface area contributed by atoms with Gasteiger partial charge in [0.05, 0.1) is 11.8 Å².